The molecule has 8 nitrogen and oxygen atoms in total. The zero-order valence-corrected chi connectivity index (χ0v) is 23.8. The standard InChI is InChI=1S/C33H34N2O6/c1-6-22-9-13-24(14-10-22)31(23-11-7-21(2)8-12-23)41-28-17-15-25(19-27(28)32(36)40-5)34-33(37)35-26-16-18-29(38-3)30(20-26)39-4/h7-20,31H,6H2,1-5H3,(H2,34,35,37). The lowest BCUT2D eigenvalue weighted by Crippen LogP contribution is -2.20. The van der Waals surface area contributed by atoms with Gasteiger partial charge in [0.05, 0.1) is 21.3 Å². The van der Waals surface area contributed by atoms with Gasteiger partial charge in [0, 0.05) is 17.4 Å². The highest BCUT2D eigenvalue weighted by Crippen LogP contribution is 2.33. The number of nitrogens with one attached hydrogen (secondary N) is 2. The smallest absolute Gasteiger partial charge is 0.341 e. The van der Waals surface area contributed by atoms with E-state index in [2.05, 4.69) is 29.7 Å². The molecule has 1 unspecified atom stereocenters. The average Bonchev–Trinajstić information content (AvgIpc) is 3.00. The van der Waals surface area contributed by atoms with Crippen LogP contribution in [0.3, 0.4) is 0 Å². The van der Waals surface area contributed by atoms with Crippen LogP contribution in [-0.2, 0) is 11.2 Å². The molecule has 2 amide bonds. The van der Waals surface area contributed by atoms with Gasteiger partial charge in [0.15, 0.2) is 11.5 Å². The van der Waals surface area contributed by atoms with Gasteiger partial charge < -0.3 is 29.6 Å². The van der Waals surface area contributed by atoms with Gasteiger partial charge in [0.2, 0.25) is 0 Å². The third-order valence-corrected chi connectivity index (χ3v) is 6.60. The first-order chi connectivity index (χ1) is 19.8. The van der Waals surface area contributed by atoms with Gasteiger partial charge in [-0.15, -0.1) is 0 Å². The molecule has 0 aliphatic rings. The third kappa shape index (κ3) is 7.16. The van der Waals surface area contributed by atoms with Gasteiger partial charge in [-0.2, -0.15) is 0 Å². The van der Waals surface area contributed by atoms with Gasteiger partial charge in [-0.1, -0.05) is 61.0 Å². The first-order valence-corrected chi connectivity index (χ1v) is 13.2. The Balaban J connectivity index is 1.60. The first-order valence-electron chi connectivity index (χ1n) is 13.2. The van der Waals surface area contributed by atoms with Crippen LogP contribution in [0.25, 0.3) is 0 Å². The summed E-state index contributed by atoms with van der Waals surface area (Å²) in [6.45, 7) is 4.13. The molecule has 0 saturated carbocycles. The molecule has 212 valence electrons. The normalized spacial score (nSPS) is 11.2. The van der Waals surface area contributed by atoms with E-state index in [1.165, 1.54) is 33.0 Å². The van der Waals surface area contributed by atoms with E-state index in [1.54, 1.807) is 30.3 Å². The van der Waals surface area contributed by atoms with E-state index in [-0.39, 0.29) is 5.56 Å². The predicted molar refractivity (Wildman–Crippen MR) is 159 cm³/mol. The number of carbonyl (C=O) groups excluding carboxylic acids is 2. The van der Waals surface area contributed by atoms with Crippen LogP contribution >= 0.6 is 0 Å². The number of methoxy groups -OCH3 is 3. The largest absolute Gasteiger partial charge is 0.493 e. The van der Waals surface area contributed by atoms with E-state index in [9.17, 15) is 9.59 Å². The molecule has 0 bridgehead atoms. The van der Waals surface area contributed by atoms with Crippen LogP contribution in [0.2, 0.25) is 0 Å². The van der Waals surface area contributed by atoms with Crippen molar-refractivity contribution >= 4 is 23.4 Å². The number of urea groups is 1. The Labute approximate surface area is 240 Å². The molecule has 0 aromatic heterocycles. The molecule has 2 N–H and O–H groups in total. The minimum absolute atomic E-state index is 0.179. The maximum absolute atomic E-state index is 12.8. The Hall–Kier alpha value is -4.98. The van der Waals surface area contributed by atoms with Crippen molar-refractivity contribution in [3.63, 3.8) is 0 Å². The summed E-state index contributed by atoms with van der Waals surface area (Å²) in [5.41, 5.74) is 5.29. The van der Waals surface area contributed by atoms with Crippen molar-refractivity contribution in [3.8, 4) is 17.2 Å². The lowest BCUT2D eigenvalue weighted by molar-refractivity contribution is 0.0594. The fourth-order valence-corrected chi connectivity index (χ4v) is 4.31. The highest BCUT2D eigenvalue weighted by Gasteiger charge is 2.22. The summed E-state index contributed by atoms with van der Waals surface area (Å²) in [7, 11) is 4.36. The van der Waals surface area contributed by atoms with Crippen molar-refractivity contribution in [3.05, 3.63) is 113 Å². The van der Waals surface area contributed by atoms with Crippen LogP contribution in [0, 0.1) is 6.92 Å². The Morgan fingerprint density at radius 2 is 1.27 bits per heavy atom. The summed E-state index contributed by atoms with van der Waals surface area (Å²) in [6.07, 6.45) is 0.453. The number of carbonyl (C=O) groups is 2. The number of rotatable bonds is 10. The quantitative estimate of drug-likeness (QED) is 0.202. The summed E-state index contributed by atoms with van der Waals surface area (Å²) in [5, 5.41) is 5.50. The number of hydrogen-bond donors (Lipinski definition) is 2. The van der Waals surface area contributed by atoms with Crippen LogP contribution in [0.15, 0.2) is 84.9 Å². The molecule has 0 aliphatic carbocycles. The summed E-state index contributed by atoms with van der Waals surface area (Å²) in [5.74, 6) is 0.759. The number of ether oxygens (including phenoxy) is 4. The van der Waals surface area contributed by atoms with Crippen molar-refractivity contribution < 1.29 is 28.5 Å². The fourth-order valence-electron chi connectivity index (χ4n) is 4.31. The molecule has 4 aromatic rings. The maximum Gasteiger partial charge on any atom is 0.341 e. The van der Waals surface area contributed by atoms with Crippen molar-refractivity contribution in [2.24, 2.45) is 0 Å². The second kappa shape index (κ2) is 13.4. The van der Waals surface area contributed by atoms with Crippen molar-refractivity contribution in [1.29, 1.82) is 0 Å². The van der Waals surface area contributed by atoms with Crippen LogP contribution in [-0.4, -0.2) is 33.3 Å². The van der Waals surface area contributed by atoms with Crippen LogP contribution < -0.4 is 24.8 Å². The van der Waals surface area contributed by atoms with E-state index in [4.69, 9.17) is 18.9 Å². The zero-order chi connectivity index (χ0) is 29.4. The highest BCUT2D eigenvalue weighted by molar-refractivity contribution is 6.01. The summed E-state index contributed by atoms with van der Waals surface area (Å²) < 4.78 is 22.1. The van der Waals surface area contributed by atoms with Gasteiger partial charge in [0.25, 0.3) is 0 Å². The topological polar surface area (TPSA) is 95.1 Å². The molecule has 8 heteroatoms. The minimum Gasteiger partial charge on any atom is -0.493 e. The molecule has 41 heavy (non-hydrogen) atoms. The van der Waals surface area contributed by atoms with Crippen LogP contribution in [0.4, 0.5) is 16.2 Å². The number of amides is 2. The third-order valence-electron chi connectivity index (χ3n) is 6.60. The fraction of sp³-hybridized carbons (Fsp3) is 0.212. The van der Waals surface area contributed by atoms with Gasteiger partial charge in [-0.05, 0) is 60.4 Å². The molecule has 0 radical (unpaired) electrons. The van der Waals surface area contributed by atoms with Crippen molar-refractivity contribution in [2.45, 2.75) is 26.4 Å². The second-order valence-electron chi connectivity index (χ2n) is 9.36. The first kappa shape index (κ1) is 29.0. The Morgan fingerprint density at radius 3 is 1.83 bits per heavy atom. The molecule has 0 heterocycles. The Kier molecular flexibility index (Phi) is 9.47. The van der Waals surface area contributed by atoms with Gasteiger partial charge in [-0.25, -0.2) is 9.59 Å². The lowest BCUT2D eigenvalue weighted by Gasteiger charge is -2.22. The molecule has 4 rings (SSSR count). The Bertz CT molecular complexity index is 1500. The monoisotopic (exact) mass is 554 g/mol. The lowest BCUT2D eigenvalue weighted by atomic mass is 9.98. The molecule has 0 aliphatic heterocycles. The van der Waals surface area contributed by atoms with E-state index in [0.717, 1.165) is 23.1 Å². The molecular weight excluding hydrogens is 520 g/mol. The average molecular weight is 555 g/mol. The summed E-state index contributed by atoms with van der Waals surface area (Å²) >= 11 is 0. The minimum atomic E-state index is -0.590. The van der Waals surface area contributed by atoms with E-state index in [1.807, 2.05) is 43.3 Å². The second-order valence-corrected chi connectivity index (χ2v) is 9.36. The zero-order valence-electron chi connectivity index (χ0n) is 23.8. The molecule has 4 aromatic carbocycles. The molecule has 0 saturated heterocycles. The van der Waals surface area contributed by atoms with E-state index in [0.29, 0.717) is 28.6 Å². The number of benzene rings is 4. The number of anilines is 2. The van der Waals surface area contributed by atoms with Crippen molar-refractivity contribution in [1.82, 2.24) is 0 Å². The number of esters is 1. The highest BCUT2D eigenvalue weighted by atomic mass is 16.5. The molecular formula is C33H34N2O6. The number of aryl methyl sites for hydroxylation is 2. The number of hydrogen-bond acceptors (Lipinski definition) is 6. The predicted octanol–water partition coefficient (Wildman–Crippen LogP) is 7.17. The summed E-state index contributed by atoms with van der Waals surface area (Å²) in [6, 6.07) is 25.7. The van der Waals surface area contributed by atoms with Gasteiger partial charge in [0.1, 0.15) is 17.4 Å². The summed E-state index contributed by atoms with van der Waals surface area (Å²) in [4.78, 5) is 25.6. The van der Waals surface area contributed by atoms with E-state index >= 15 is 0 Å². The maximum atomic E-state index is 12.8. The van der Waals surface area contributed by atoms with E-state index < -0.39 is 18.1 Å². The molecule has 0 spiro atoms. The van der Waals surface area contributed by atoms with Crippen LogP contribution in [0.1, 0.15) is 45.6 Å². The van der Waals surface area contributed by atoms with Crippen molar-refractivity contribution in [2.75, 3.05) is 32.0 Å². The van der Waals surface area contributed by atoms with Gasteiger partial charge >= 0.3 is 12.0 Å². The molecule has 0 fully saturated rings. The Morgan fingerprint density at radius 1 is 0.707 bits per heavy atom. The molecule has 1 atom stereocenters. The van der Waals surface area contributed by atoms with Crippen LogP contribution in [0.5, 0.6) is 17.2 Å². The van der Waals surface area contributed by atoms with Gasteiger partial charge in [-0.3, -0.25) is 0 Å². The SMILES string of the molecule is CCc1ccc(C(Oc2ccc(NC(=O)Nc3ccc(OC)c(OC)c3)cc2C(=O)OC)c2ccc(C)cc2)cc1.